The van der Waals surface area contributed by atoms with Gasteiger partial charge >= 0.3 is 0 Å². The number of nitrogens with one attached hydrogen (secondary N) is 1. The van der Waals surface area contributed by atoms with E-state index in [0.29, 0.717) is 6.54 Å². The van der Waals surface area contributed by atoms with Crippen molar-refractivity contribution in [2.75, 3.05) is 6.54 Å². The summed E-state index contributed by atoms with van der Waals surface area (Å²) in [5.41, 5.74) is 5.66. The second-order valence-electron chi connectivity index (χ2n) is 6.26. The van der Waals surface area contributed by atoms with Gasteiger partial charge in [-0.25, -0.2) is 0 Å². The van der Waals surface area contributed by atoms with E-state index in [9.17, 15) is 4.79 Å². The molecule has 0 bridgehead atoms. The summed E-state index contributed by atoms with van der Waals surface area (Å²) in [6.45, 7) is 6.52. The summed E-state index contributed by atoms with van der Waals surface area (Å²) >= 11 is 0. The van der Waals surface area contributed by atoms with Crippen molar-refractivity contribution in [3.05, 3.63) is 0 Å². The molecule has 1 fully saturated rings. The Bertz CT molecular complexity index is 286. The van der Waals surface area contributed by atoms with Crippen molar-refractivity contribution in [3.8, 4) is 0 Å². The number of rotatable bonds is 7. The van der Waals surface area contributed by atoms with Gasteiger partial charge in [-0.1, -0.05) is 39.0 Å². The summed E-state index contributed by atoms with van der Waals surface area (Å²) in [5.74, 6) is -0.0111. The van der Waals surface area contributed by atoms with E-state index in [1.165, 1.54) is 12.8 Å². The third kappa shape index (κ3) is 5.41. The van der Waals surface area contributed by atoms with Crippen LogP contribution in [-0.4, -0.2) is 30.2 Å². The average Bonchev–Trinajstić information content (AvgIpc) is 2.65. The van der Waals surface area contributed by atoms with Crippen molar-refractivity contribution >= 4 is 5.91 Å². The molecule has 1 aliphatic rings. The molecule has 118 valence electrons. The molecule has 0 heterocycles. The molecule has 0 aromatic heterocycles. The molecule has 0 radical (unpaired) electrons. The SMILES string of the molecule is CCCC(C)NC(=O)C(C)OC1(CN)CCCCCC1. The molecule has 1 rings (SSSR count). The Balaban J connectivity index is 2.52. The van der Waals surface area contributed by atoms with Crippen molar-refractivity contribution in [3.63, 3.8) is 0 Å². The van der Waals surface area contributed by atoms with Crippen molar-refractivity contribution in [2.45, 2.75) is 89.9 Å². The van der Waals surface area contributed by atoms with E-state index in [1.54, 1.807) is 0 Å². The second-order valence-corrected chi connectivity index (χ2v) is 6.26. The molecule has 0 aliphatic heterocycles. The first-order valence-corrected chi connectivity index (χ1v) is 8.21. The van der Waals surface area contributed by atoms with E-state index >= 15 is 0 Å². The molecule has 0 saturated heterocycles. The summed E-state index contributed by atoms with van der Waals surface area (Å²) in [6.07, 6.45) is 8.41. The minimum atomic E-state index is -0.420. The van der Waals surface area contributed by atoms with Crippen LogP contribution < -0.4 is 11.1 Å². The predicted molar refractivity (Wildman–Crippen MR) is 82.5 cm³/mol. The van der Waals surface area contributed by atoms with Crippen LogP contribution in [0, 0.1) is 0 Å². The first-order chi connectivity index (χ1) is 9.53. The van der Waals surface area contributed by atoms with Crippen LogP contribution in [0.5, 0.6) is 0 Å². The maximum Gasteiger partial charge on any atom is 0.249 e. The molecule has 1 saturated carbocycles. The topological polar surface area (TPSA) is 64.3 Å². The molecule has 4 heteroatoms. The van der Waals surface area contributed by atoms with Crippen LogP contribution in [0.3, 0.4) is 0 Å². The maximum atomic E-state index is 12.2. The molecular weight excluding hydrogens is 252 g/mol. The van der Waals surface area contributed by atoms with Gasteiger partial charge in [0.05, 0.1) is 5.60 Å². The minimum Gasteiger partial charge on any atom is -0.361 e. The highest BCUT2D eigenvalue weighted by molar-refractivity contribution is 5.80. The summed E-state index contributed by atoms with van der Waals surface area (Å²) < 4.78 is 6.11. The van der Waals surface area contributed by atoms with Crippen molar-refractivity contribution in [1.82, 2.24) is 5.32 Å². The van der Waals surface area contributed by atoms with E-state index in [4.69, 9.17) is 10.5 Å². The van der Waals surface area contributed by atoms with Gasteiger partial charge in [0, 0.05) is 12.6 Å². The highest BCUT2D eigenvalue weighted by Gasteiger charge is 2.34. The third-order valence-electron chi connectivity index (χ3n) is 4.29. The lowest BCUT2D eigenvalue weighted by atomic mass is 9.94. The van der Waals surface area contributed by atoms with Crippen LogP contribution >= 0.6 is 0 Å². The van der Waals surface area contributed by atoms with Crippen molar-refractivity contribution in [1.29, 1.82) is 0 Å². The van der Waals surface area contributed by atoms with Crippen LogP contribution in [0.4, 0.5) is 0 Å². The fraction of sp³-hybridized carbons (Fsp3) is 0.938. The van der Waals surface area contributed by atoms with Gasteiger partial charge < -0.3 is 15.8 Å². The number of ether oxygens (including phenoxy) is 1. The molecule has 4 nitrogen and oxygen atoms in total. The lowest BCUT2D eigenvalue weighted by Gasteiger charge is -2.34. The van der Waals surface area contributed by atoms with E-state index < -0.39 is 6.10 Å². The first kappa shape index (κ1) is 17.4. The van der Waals surface area contributed by atoms with Crippen molar-refractivity contribution < 1.29 is 9.53 Å². The van der Waals surface area contributed by atoms with E-state index in [1.807, 2.05) is 13.8 Å². The van der Waals surface area contributed by atoms with Gasteiger partial charge in [0.2, 0.25) is 5.91 Å². The molecule has 20 heavy (non-hydrogen) atoms. The zero-order valence-corrected chi connectivity index (χ0v) is 13.4. The number of nitrogens with two attached hydrogens (primary N) is 1. The van der Waals surface area contributed by atoms with E-state index in [2.05, 4.69) is 12.2 Å². The van der Waals surface area contributed by atoms with Gasteiger partial charge in [0.15, 0.2) is 0 Å². The number of hydrogen-bond donors (Lipinski definition) is 2. The Morgan fingerprint density at radius 3 is 2.35 bits per heavy atom. The van der Waals surface area contributed by atoms with Gasteiger partial charge in [0.25, 0.3) is 0 Å². The molecule has 3 N–H and O–H groups in total. The van der Waals surface area contributed by atoms with E-state index in [0.717, 1.165) is 38.5 Å². The van der Waals surface area contributed by atoms with Crippen LogP contribution in [0.15, 0.2) is 0 Å². The summed E-state index contributed by atoms with van der Waals surface area (Å²) in [5, 5.41) is 3.02. The highest BCUT2D eigenvalue weighted by atomic mass is 16.5. The third-order valence-corrected chi connectivity index (χ3v) is 4.29. The largest absolute Gasteiger partial charge is 0.361 e. The van der Waals surface area contributed by atoms with Crippen LogP contribution in [0.1, 0.15) is 72.1 Å². The number of carbonyl (C=O) groups excluding carboxylic acids is 1. The summed E-state index contributed by atoms with van der Waals surface area (Å²) in [7, 11) is 0. The quantitative estimate of drug-likeness (QED) is 0.707. The Morgan fingerprint density at radius 1 is 1.25 bits per heavy atom. The predicted octanol–water partition coefficient (Wildman–Crippen LogP) is 2.75. The normalized spacial score (nSPS) is 21.8. The lowest BCUT2D eigenvalue weighted by Crippen LogP contribution is -2.48. The van der Waals surface area contributed by atoms with Gasteiger partial charge in [-0.2, -0.15) is 0 Å². The maximum absolute atomic E-state index is 12.2. The van der Waals surface area contributed by atoms with Gasteiger partial charge in [-0.3, -0.25) is 4.79 Å². The Hall–Kier alpha value is -0.610. The second kappa shape index (κ2) is 8.63. The zero-order chi connectivity index (χ0) is 15.0. The lowest BCUT2D eigenvalue weighted by molar-refractivity contribution is -0.147. The molecule has 1 aliphatic carbocycles. The Morgan fingerprint density at radius 2 is 1.85 bits per heavy atom. The molecule has 1 amide bonds. The molecule has 2 atom stereocenters. The van der Waals surface area contributed by atoms with Gasteiger partial charge in [0.1, 0.15) is 6.10 Å². The van der Waals surface area contributed by atoms with Gasteiger partial charge in [-0.05, 0) is 33.1 Å². The monoisotopic (exact) mass is 284 g/mol. The minimum absolute atomic E-state index is 0.0111. The van der Waals surface area contributed by atoms with Crippen LogP contribution in [0.25, 0.3) is 0 Å². The average molecular weight is 284 g/mol. The highest BCUT2D eigenvalue weighted by Crippen LogP contribution is 2.30. The fourth-order valence-electron chi connectivity index (χ4n) is 3.04. The molecular formula is C16H32N2O2. The van der Waals surface area contributed by atoms with Crippen LogP contribution in [0.2, 0.25) is 0 Å². The smallest absolute Gasteiger partial charge is 0.249 e. The Kier molecular flexibility index (Phi) is 7.52. The summed E-state index contributed by atoms with van der Waals surface area (Å²) in [4.78, 5) is 12.2. The van der Waals surface area contributed by atoms with E-state index in [-0.39, 0.29) is 17.6 Å². The first-order valence-electron chi connectivity index (χ1n) is 8.21. The summed E-state index contributed by atoms with van der Waals surface area (Å²) in [6, 6.07) is 0.210. The van der Waals surface area contributed by atoms with Crippen LogP contribution in [-0.2, 0) is 9.53 Å². The van der Waals surface area contributed by atoms with Crippen molar-refractivity contribution in [2.24, 2.45) is 5.73 Å². The molecule has 0 spiro atoms. The number of carbonyl (C=O) groups is 1. The zero-order valence-electron chi connectivity index (χ0n) is 13.4. The Labute approximate surface area is 123 Å². The molecule has 0 aromatic carbocycles. The number of amides is 1. The van der Waals surface area contributed by atoms with Gasteiger partial charge in [-0.15, -0.1) is 0 Å². The standard InChI is InChI=1S/C16H32N2O2/c1-4-9-13(2)18-15(19)14(3)20-16(12-17)10-7-5-6-8-11-16/h13-14H,4-12,17H2,1-3H3,(H,18,19). The fourth-order valence-corrected chi connectivity index (χ4v) is 3.04. The molecule has 2 unspecified atom stereocenters. The molecule has 0 aromatic rings. The number of hydrogen-bond acceptors (Lipinski definition) is 3.